The number of para-hydroxylation sites is 1. The lowest BCUT2D eigenvalue weighted by Crippen LogP contribution is -2.52. The molecule has 3 aromatic rings. The van der Waals surface area contributed by atoms with Gasteiger partial charge in [-0.2, -0.15) is 0 Å². The third-order valence-corrected chi connectivity index (χ3v) is 8.89. The second-order valence-corrected chi connectivity index (χ2v) is 12.2. The minimum absolute atomic E-state index is 0.101. The summed E-state index contributed by atoms with van der Waals surface area (Å²) in [6.07, 6.45) is 2.23. The third-order valence-electron chi connectivity index (χ3n) is 7.35. The van der Waals surface area contributed by atoms with E-state index in [1.807, 2.05) is 49.4 Å². The van der Waals surface area contributed by atoms with E-state index in [1.54, 1.807) is 31.4 Å². The van der Waals surface area contributed by atoms with E-state index in [2.05, 4.69) is 27.5 Å². The monoisotopic (exact) mass is 579 g/mol. The topological polar surface area (TPSA) is 106 Å². The van der Waals surface area contributed by atoms with E-state index in [1.165, 1.54) is 0 Å². The number of amides is 1. The van der Waals surface area contributed by atoms with Gasteiger partial charge in [0.25, 0.3) is 0 Å². The summed E-state index contributed by atoms with van der Waals surface area (Å²) in [7, 11) is -1.99. The Labute approximate surface area is 243 Å². The number of hydrogen-bond donors (Lipinski definition) is 3. The first-order chi connectivity index (χ1) is 19.9. The molecule has 3 unspecified atom stereocenters. The van der Waals surface area contributed by atoms with Gasteiger partial charge in [0.05, 0.1) is 17.4 Å². The normalized spacial score (nSPS) is 18.0. The van der Waals surface area contributed by atoms with Gasteiger partial charge in [-0.1, -0.05) is 66.2 Å². The molecule has 1 aliphatic heterocycles. The first-order valence-electron chi connectivity index (χ1n) is 14.2. The largest absolute Gasteiger partial charge is 0.493 e. The quantitative estimate of drug-likeness (QED) is 0.249. The van der Waals surface area contributed by atoms with E-state index in [9.17, 15) is 13.2 Å². The lowest BCUT2D eigenvalue weighted by atomic mass is 9.89. The molecule has 3 aromatic carbocycles. The smallest absolute Gasteiger partial charge is 0.240 e. The van der Waals surface area contributed by atoms with Gasteiger partial charge in [0.2, 0.25) is 15.9 Å². The molecule has 1 saturated heterocycles. The maximum Gasteiger partial charge on any atom is 0.240 e. The summed E-state index contributed by atoms with van der Waals surface area (Å²) in [5, 5.41) is 6.38. The van der Waals surface area contributed by atoms with E-state index >= 15 is 0 Å². The Kier molecular flexibility index (Phi) is 11.3. The van der Waals surface area contributed by atoms with Crippen LogP contribution in [0.4, 0.5) is 0 Å². The zero-order chi connectivity index (χ0) is 29.1. The van der Waals surface area contributed by atoms with E-state index in [0.717, 1.165) is 35.3 Å². The van der Waals surface area contributed by atoms with Crippen molar-refractivity contribution in [2.45, 2.75) is 43.0 Å². The van der Waals surface area contributed by atoms with Crippen LogP contribution >= 0.6 is 0 Å². The van der Waals surface area contributed by atoms with Gasteiger partial charge in [-0.15, -0.1) is 0 Å². The SMILES string of the molecule is COCCCCOc1ccccc1C(CNC(=O)C1CNCC(NS(=O)(=O)c2ccc(C)cc2)C1)c1ccccc1. The van der Waals surface area contributed by atoms with Crippen LogP contribution in [0.25, 0.3) is 0 Å². The molecule has 1 aliphatic rings. The molecule has 1 fully saturated rings. The fraction of sp³-hybridized carbons (Fsp3) is 0.406. The number of aryl methyl sites for hydroxylation is 1. The highest BCUT2D eigenvalue weighted by Gasteiger charge is 2.31. The fourth-order valence-corrected chi connectivity index (χ4v) is 6.36. The van der Waals surface area contributed by atoms with Gasteiger partial charge in [0, 0.05) is 50.9 Å². The first kappa shape index (κ1) is 30.7. The maximum atomic E-state index is 13.4. The van der Waals surface area contributed by atoms with Crippen LogP contribution in [-0.4, -0.2) is 60.3 Å². The number of sulfonamides is 1. The van der Waals surface area contributed by atoms with Crippen LogP contribution in [0.3, 0.4) is 0 Å². The van der Waals surface area contributed by atoms with Gasteiger partial charge >= 0.3 is 0 Å². The zero-order valence-corrected chi connectivity index (χ0v) is 24.7. The van der Waals surface area contributed by atoms with Crippen LogP contribution in [0.1, 0.15) is 41.9 Å². The summed E-state index contributed by atoms with van der Waals surface area (Å²) in [5.74, 6) is 0.231. The highest BCUT2D eigenvalue weighted by Crippen LogP contribution is 2.32. The highest BCUT2D eigenvalue weighted by molar-refractivity contribution is 7.89. The van der Waals surface area contributed by atoms with Crippen molar-refractivity contribution in [2.75, 3.05) is 40.0 Å². The molecular formula is C32H41N3O5S. The minimum atomic E-state index is -3.68. The van der Waals surface area contributed by atoms with Crippen LogP contribution in [-0.2, 0) is 19.6 Å². The number of piperidine rings is 1. The number of ether oxygens (including phenoxy) is 2. The first-order valence-corrected chi connectivity index (χ1v) is 15.7. The minimum Gasteiger partial charge on any atom is -0.493 e. The number of unbranched alkanes of at least 4 members (excludes halogenated alkanes) is 1. The summed E-state index contributed by atoms with van der Waals surface area (Å²) < 4.78 is 39.9. The van der Waals surface area contributed by atoms with E-state index in [0.29, 0.717) is 39.3 Å². The number of hydrogen-bond acceptors (Lipinski definition) is 6. The molecule has 0 radical (unpaired) electrons. The molecule has 220 valence electrons. The molecule has 3 atom stereocenters. The van der Waals surface area contributed by atoms with Gasteiger partial charge in [-0.05, 0) is 49.9 Å². The molecule has 1 amide bonds. The number of methoxy groups -OCH3 is 1. The maximum absolute atomic E-state index is 13.4. The molecule has 0 saturated carbocycles. The standard InChI is InChI=1S/C32H41N3O5S/c1-24-14-16-28(17-15-24)41(37,38)35-27-20-26(21-33-22-27)32(36)34-23-30(25-10-4-3-5-11-25)29-12-6-7-13-31(29)40-19-9-8-18-39-2/h3-7,10-17,26-27,30,33,35H,8-9,18-23H2,1-2H3,(H,34,36). The van der Waals surface area contributed by atoms with Crippen LogP contribution in [0.5, 0.6) is 5.75 Å². The second-order valence-electron chi connectivity index (χ2n) is 10.5. The molecule has 0 spiro atoms. The molecule has 8 nitrogen and oxygen atoms in total. The van der Waals surface area contributed by atoms with E-state index in [4.69, 9.17) is 9.47 Å². The number of carbonyl (C=O) groups excluding carboxylic acids is 1. The number of benzene rings is 3. The Hall–Kier alpha value is -3.24. The van der Waals surface area contributed by atoms with Crippen LogP contribution < -0.4 is 20.1 Å². The number of carbonyl (C=O) groups is 1. The Morgan fingerprint density at radius 2 is 1.66 bits per heavy atom. The van der Waals surface area contributed by atoms with Crippen LogP contribution in [0, 0.1) is 12.8 Å². The number of nitrogens with one attached hydrogen (secondary N) is 3. The lowest BCUT2D eigenvalue weighted by molar-refractivity contribution is -0.125. The Balaban J connectivity index is 1.41. The molecule has 0 bridgehead atoms. The van der Waals surface area contributed by atoms with E-state index < -0.39 is 10.0 Å². The Morgan fingerprint density at radius 3 is 2.41 bits per heavy atom. The number of rotatable bonds is 14. The summed E-state index contributed by atoms with van der Waals surface area (Å²) in [5.41, 5.74) is 3.08. The average molecular weight is 580 g/mol. The highest BCUT2D eigenvalue weighted by atomic mass is 32.2. The van der Waals surface area contributed by atoms with Gasteiger partial charge in [0.1, 0.15) is 5.75 Å². The lowest BCUT2D eigenvalue weighted by Gasteiger charge is -2.30. The molecule has 0 aliphatic carbocycles. The van der Waals surface area contributed by atoms with Crippen molar-refractivity contribution in [1.82, 2.24) is 15.4 Å². The van der Waals surface area contributed by atoms with E-state index in [-0.39, 0.29) is 28.7 Å². The van der Waals surface area contributed by atoms with Crippen molar-refractivity contribution in [2.24, 2.45) is 5.92 Å². The molecule has 3 N–H and O–H groups in total. The van der Waals surface area contributed by atoms with Crippen molar-refractivity contribution in [3.63, 3.8) is 0 Å². The predicted octanol–water partition coefficient (Wildman–Crippen LogP) is 4.01. The summed E-state index contributed by atoms with van der Waals surface area (Å²) in [6, 6.07) is 24.4. The van der Waals surface area contributed by atoms with Crippen molar-refractivity contribution < 1.29 is 22.7 Å². The van der Waals surface area contributed by atoms with Crippen LogP contribution in [0.15, 0.2) is 83.8 Å². The van der Waals surface area contributed by atoms with Crippen molar-refractivity contribution in [3.05, 3.63) is 95.6 Å². The summed E-state index contributed by atoms with van der Waals surface area (Å²) in [6.45, 7) is 4.55. The summed E-state index contributed by atoms with van der Waals surface area (Å²) >= 11 is 0. The van der Waals surface area contributed by atoms with Gasteiger partial charge in [-0.3, -0.25) is 4.79 Å². The predicted molar refractivity (Wildman–Crippen MR) is 161 cm³/mol. The van der Waals surface area contributed by atoms with Gasteiger partial charge < -0.3 is 20.1 Å². The third kappa shape index (κ3) is 8.87. The Bertz CT molecular complexity index is 1350. The second kappa shape index (κ2) is 15.1. The summed E-state index contributed by atoms with van der Waals surface area (Å²) in [4.78, 5) is 13.6. The van der Waals surface area contributed by atoms with Gasteiger partial charge in [-0.25, -0.2) is 13.1 Å². The fourth-order valence-electron chi connectivity index (χ4n) is 5.11. The average Bonchev–Trinajstić information content (AvgIpc) is 2.98. The van der Waals surface area contributed by atoms with Crippen molar-refractivity contribution in [1.29, 1.82) is 0 Å². The van der Waals surface area contributed by atoms with Crippen molar-refractivity contribution in [3.8, 4) is 5.75 Å². The molecular weight excluding hydrogens is 538 g/mol. The molecule has 41 heavy (non-hydrogen) atoms. The van der Waals surface area contributed by atoms with Crippen molar-refractivity contribution >= 4 is 15.9 Å². The molecule has 1 heterocycles. The van der Waals surface area contributed by atoms with Gasteiger partial charge in [0.15, 0.2) is 0 Å². The molecule has 4 rings (SSSR count). The zero-order valence-electron chi connectivity index (χ0n) is 23.8. The molecule has 0 aromatic heterocycles. The Morgan fingerprint density at radius 1 is 0.951 bits per heavy atom. The van der Waals surface area contributed by atoms with Crippen LogP contribution in [0.2, 0.25) is 0 Å². The molecule has 9 heteroatoms.